The third-order valence-corrected chi connectivity index (χ3v) is 5.03. The van der Waals surface area contributed by atoms with Crippen LogP contribution < -0.4 is 5.09 Å². The van der Waals surface area contributed by atoms with Gasteiger partial charge in [-0.05, 0) is 31.3 Å². The molecule has 90 valence electrons. The maximum atomic E-state index is 11.5. The molecule has 5 nitrogen and oxygen atoms in total. The summed E-state index contributed by atoms with van der Waals surface area (Å²) in [6.45, 7) is 2.71. The van der Waals surface area contributed by atoms with Crippen LogP contribution in [0.25, 0.3) is 0 Å². The molecule has 0 spiro atoms. The minimum Gasteiger partial charge on any atom is -0.326 e. The Labute approximate surface area is 99.3 Å². The molecule has 0 amide bonds. The summed E-state index contributed by atoms with van der Waals surface area (Å²) >= 11 is 0.949. The fourth-order valence-corrected chi connectivity index (χ4v) is 3.70. The van der Waals surface area contributed by atoms with Gasteiger partial charge in [-0.3, -0.25) is 4.57 Å². The van der Waals surface area contributed by atoms with Crippen molar-refractivity contribution >= 4 is 18.1 Å². The van der Waals surface area contributed by atoms with E-state index >= 15 is 0 Å². The summed E-state index contributed by atoms with van der Waals surface area (Å²) in [5.41, 5.74) is 1.75. The zero-order valence-electron chi connectivity index (χ0n) is 9.60. The van der Waals surface area contributed by atoms with Gasteiger partial charge in [0.25, 0.3) is 0 Å². The average Bonchev–Trinajstić information content (AvgIpc) is 2.13. The first-order valence-electron chi connectivity index (χ1n) is 4.96. The van der Waals surface area contributed by atoms with Crippen molar-refractivity contribution < 1.29 is 9.46 Å². The number of aryl methyl sites for hydroxylation is 2. The van der Waals surface area contributed by atoms with E-state index in [1.807, 2.05) is 19.9 Å². The highest BCUT2D eigenvalue weighted by Crippen LogP contribution is 2.51. The lowest BCUT2D eigenvalue weighted by Gasteiger charge is -2.10. The third kappa shape index (κ3) is 4.61. The Hall–Kier alpha value is -0.420. The van der Waals surface area contributed by atoms with Crippen LogP contribution in [-0.4, -0.2) is 21.4 Å². The van der Waals surface area contributed by atoms with E-state index in [1.54, 1.807) is 6.92 Å². The van der Waals surface area contributed by atoms with E-state index in [-0.39, 0.29) is 0 Å². The van der Waals surface area contributed by atoms with Crippen LogP contribution in [0, 0.1) is 13.8 Å². The van der Waals surface area contributed by atoms with Crippen LogP contribution in [0.4, 0.5) is 0 Å². The van der Waals surface area contributed by atoms with Crippen LogP contribution >= 0.6 is 18.1 Å². The minimum absolute atomic E-state index is 0.337. The molecule has 0 saturated heterocycles. The molecule has 1 aromatic heterocycles. The highest BCUT2D eigenvalue weighted by Gasteiger charge is 2.17. The number of rotatable bonds is 5. The van der Waals surface area contributed by atoms with Crippen LogP contribution in [0.5, 0.6) is 0 Å². The Bertz CT molecular complexity index is 393. The summed E-state index contributed by atoms with van der Waals surface area (Å²) in [6, 6.07) is 1.87. The standard InChI is InChI=1S/C9H16N3O2PS/c1-4-10-15(13,14)16-6-9-11-7(2)5-8(3)12-9/h5H,4,6H2,1-3H3,(H2,10,13,14). The van der Waals surface area contributed by atoms with E-state index in [9.17, 15) is 9.46 Å². The van der Waals surface area contributed by atoms with E-state index in [0.717, 1.165) is 22.8 Å². The molecule has 0 aliphatic carbocycles. The molecular formula is C9H16N3O2PS. The van der Waals surface area contributed by atoms with Gasteiger partial charge in [0.15, 0.2) is 0 Å². The van der Waals surface area contributed by atoms with E-state index in [2.05, 4.69) is 15.1 Å². The van der Waals surface area contributed by atoms with Gasteiger partial charge in [0.2, 0.25) is 0 Å². The van der Waals surface area contributed by atoms with Crippen LogP contribution in [0.1, 0.15) is 24.1 Å². The molecule has 16 heavy (non-hydrogen) atoms. The van der Waals surface area contributed by atoms with Crippen molar-refractivity contribution in [1.29, 1.82) is 0 Å². The maximum absolute atomic E-state index is 11.5. The molecule has 0 aromatic carbocycles. The first-order valence-corrected chi connectivity index (χ1v) is 8.21. The van der Waals surface area contributed by atoms with E-state index in [4.69, 9.17) is 0 Å². The van der Waals surface area contributed by atoms with Crippen molar-refractivity contribution in [2.75, 3.05) is 6.54 Å². The van der Waals surface area contributed by atoms with Crippen molar-refractivity contribution in [2.24, 2.45) is 0 Å². The monoisotopic (exact) mass is 261 g/mol. The zero-order valence-corrected chi connectivity index (χ0v) is 11.3. The number of nitrogens with zero attached hydrogens (tertiary/aromatic N) is 2. The molecule has 0 aliphatic heterocycles. The normalized spacial score (nSPS) is 14.8. The summed E-state index contributed by atoms with van der Waals surface area (Å²) in [6.07, 6.45) is 0. The molecule has 1 aromatic rings. The molecule has 0 fully saturated rings. The highest BCUT2D eigenvalue weighted by molar-refractivity contribution is 8.55. The average molecular weight is 261 g/mol. The highest BCUT2D eigenvalue weighted by atomic mass is 32.7. The molecular weight excluding hydrogens is 245 g/mol. The van der Waals surface area contributed by atoms with Crippen LogP contribution in [-0.2, 0) is 10.3 Å². The van der Waals surface area contributed by atoms with Crippen LogP contribution in [0.2, 0.25) is 0 Å². The summed E-state index contributed by atoms with van der Waals surface area (Å²) in [4.78, 5) is 17.9. The quantitative estimate of drug-likeness (QED) is 0.790. The lowest BCUT2D eigenvalue weighted by atomic mass is 10.3. The summed E-state index contributed by atoms with van der Waals surface area (Å²) in [5.74, 6) is 0.929. The fraction of sp³-hybridized carbons (Fsp3) is 0.556. The summed E-state index contributed by atoms with van der Waals surface area (Å²) < 4.78 is 11.5. The number of hydrogen-bond donors (Lipinski definition) is 2. The summed E-state index contributed by atoms with van der Waals surface area (Å²) in [7, 11) is 0. The minimum atomic E-state index is -3.30. The van der Waals surface area contributed by atoms with E-state index in [1.165, 1.54) is 0 Å². The molecule has 1 unspecified atom stereocenters. The van der Waals surface area contributed by atoms with Gasteiger partial charge in [0.1, 0.15) is 5.82 Å². The number of nitrogens with one attached hydrogen (secondary N) is 1. The topological polar surface area (TPSA) is 75.1 Å². The van der Waals surface area contributed by atoms with Gasteiger partial charge in [-0.15, -0.1) is 0 Å². The largest absolute Gasteiger partial charge is 0.326 e. The number of hydrogen-bond acceptors (Lipinski definition) is 4. The smallest absolute Gasteiger partial charge is 0.324 e. The first kappa shape index (κ1) is 13.6. The fourth-order valence-electron chi connectivity index (χ4n) is 1.25. The van der Waals surface area contributed by atoms with Crippen molar-refractivity contribution in [3.8, 4) is 0 Å². The van der Waals surface area contributed by atoms with E-state index in [0.29, 0.717) is 18.1 Å². The molecule has 0 bridgehead atoms. The molecule has 2 N–H and O–H groups in total. The Morgan fingerprint density at radius 1 is 1.44 bits per heavy atom. The van der Waals surface area contributed by atoms with Crippen LogP contribution in [0.15, 0.2) is 6.07 Å². The number of aromatic nitrogens is 2. The van der Waals surface area contributed by atoms with Gasteiger partial charge in [-0.2, -0.15) is 0 Å². The maximum Gasteiger partial charge on any atom is 0.324 e. The Balaban J connectivity index is 2.64. The second-order valence-electron chi connectivity index (χ2n) is 3.37. The van der Waals surface area contributed by atoms with Gasteiger partial charge in [0, 0.05) is 17.9 Å². The molecule has 1 atom stereocenters. The van der Waals surface area contributed by atoms with Crippen molar-refractivity contribution in [2.45, 2.75) is 26.5 Å². The molecule has 1 rings (SSSR count). The van der Waals surface area contributed by atoms with Gasteiger partial charge in [-0.1, -0.05) is 6.92 Å². The zero-order chi connectivity index (χ0) is 12.2. The van der Waals surface area contributed by atoms with Crippen molar-refractivity contribution in [3.63, 3.8) is 0 Å². The molecule has 0 aliphatic rings. The van der Waals surface area contributed by atoms with Gasteiger partial charge < -0.3 is 4.89 Å². The van der Waals surface area contributed by atoms with Gasteiger partial charge in [-0.25, -0.2) is 15.1 Å². The SMILES string of the molecule is CCNP(=O)(O)SCc1nc(C)cc(C)n1. The van der Waals surface area contributed by atoms with Gasteiger partial charge >= 0.3 is 6.72 Å². The lowest BCUT2D eigenvalue weighted by molar-refractivity contribution is 0.484. The molecule has 1 heterocycles. The Morgan fingerprint density at radius 2 is 2.00 bits per heavy atom. The first-order chi connectivity index (χ1) is 7.43. The Kier molecular flexibility index (Phi) is 4.92. The van der Waals surface area contributed by atoms with E-state index < -0.39 is 6.72 Å². The lowest BCUT2D eigenvalue weighted by Crippen LogP contribution is -2.07. The van der Waals surface area contributed by atoms with Crippen molar-refractivity contribution in [1.82, 2.24) is 15.1 Å². The third-order valence-electron chi connectivity index (χ3n) is 1.76. The second kappa shape index (κ2) is 5.77. The summed E-state index contributed by atoms with van der Waals surface area (Å²) in [5, 5.41) is 2.54. The van der Waals surface area contributed by atoms with Crippen LogP contribution in [0.3, 0.4) is 0 Å². The predicted molar refractivity (Wildman–Crippen MR) is 66.3 cm³/mol. The molecule has 7 heteroatoms. The predicted octanol–water partition coefficient (Wildman–Crippen LogP) is 2.04. The molecule has 0 radical (unpaired) electrons. The van der Waals surface area contributed by atoms with Crippen molar-refractivity contribution in [3.05, 3.63) is 23.3 Å². The molecule has 0 saturated carbocycles. The second-order valence-corrected chi connectivity index (χ2v) is 7.54. The Morgan fingerprint density at radius 3 is 2.50 bits per heavy atom. The van der Waals surface area contributed by atoms with Gasteiger partial charge in [0.05, 0.1) is 5.75 Å².